The number of hydrogen-bond acceptors (Lipinski definition) is 2. The van der Waals surface area contributed by atoms with Crippen molar-refractivity contribution in [3.8, 4) is 0 Å². The summed E-state index contributed by atoms with van der Waals surface area (Å²) in [5, 5.41) is 0. The molecule has 0 aromatic heterocycles. The molecule has 0 heterocycles. The van der Waals surface area contributed by atoms with Gasteiger partial charge in [-0.25, -0.2) is 8.78 Å². The molecule has 0 nitrogen and oxygen atoms in total. The van der Waals surface area contributed by atoms with Crippen LogP contribution in [-0.2, 0) is 0 Å². The van der Waals surface area contributed by atoms with Crippen LogP contribution in [0, 0.1) is 0 Å². The second-order valence-corrected chi connectivity index (χ2v) is 5.88. The van der Waals surface area contributed by atoms with E-state index < -0.39 is 49.0 Å². The van der Waals surface area contributed by atoms with Gasteiger partial charge in [-0.05, 0) is 12.8 Å². The van der Waals surface area contributed by atoms with E-state index in [2.05, 4.69) is 0 Å². The van der Waals surface area contributed by atoms with Crippen LogP contribution in [-0.4, -0.2) is 23.4 Å². The molecule has 0 spiro atoms. The van der Waals surface area contributed by atoms with E-state index >= 15 is 0 Å². The number of rotatable bonds is 7. The average molecular weight is 322 g/mol. The van der Waals surface area contributed by atoms with Crippen molar-refractivity contribution in [2.24, 2.45) is 0 Å². The Bertz CT molecular complexity index is 202. The molecule has 0 rings (SSSR count). The smallest absolute Gasteiger partial charge is 0.235 e. The molecule has 0 N–H and O–H groups in total. The van der Waals surface area contributed by atoms with Crippen LogP contribution in [0.15, 0.2) is 0 Å². The van der Waals surface area contributed by atoms with Crippen LogP contribution in [0.1, 0.15) is 25.7 Å². The monoisotopic (exact) mass is 322 g/mol. The van der Waals surface area contributed by atoms with Crippen molar-refractivity contribution in [3.05, 3.63) is 0 Å². The summed E-state index contributed by atoms with van der Waals surface area (Å²) in [4.78, 5) is 0. The third-order valence-electron chi connectivity index (χ3n) is 1.57. The van der Waals surface area contributed by atoms with Crippen LogP contribution >= 0.6 is 21.6 Å². The molecule has 0 radical (unpaired) electrons. The first kappa shape index (κ1) is 18.1. The largest absolute Gasteiger partial charge is 0.389 e. The lowest BCUT2D eigenvalue weighted by Gasteiger charge is -2.12. The van der Waals surface area contributed by atoms with Crippen molar-refractivity contribution in [1.82, 2.24) is 0 Å². The zero-order valence-corrected chi connectivity index (χ0v) is 10.5. The van der Waals surface area contributed by atoms with E-state index in [0.29, 0.717) is 0 Å². The Labute approximate surface area is 106 Å². The highest BCUT2D eigenvalue weighted by atomic mass is 33.1. The molecular weight excluding hydrogens is 312 g/mol. The van der Waals surface area contributed by atoms with E-state index in [1.54, 1.807) is 0 Å². The van der Waals surface area contributed by atoms with Crippen LogP contribution in [0.3, 0.4) is 0 Å². The highest BCUT2D eigenvalue weighted by Gasteiger charge is 2.30. The van der Waals surface area contributed by atoms with Crippen LogP contribution < -0.4 is 0 Å². The average Bonchev–Trinajstić information content (AvgIpc) is 2.18. The standard InChI is InChI=1S/C8H10F8S2/c9-5(1-3-7(11,12)13)17-18-6(10)2-4-8(14,15)16/h5-6H,1-4H2. The molecule has 0 fully saturated rings. The Morgan fingerprint density at radius 3 is 1.17 bits per heavy atom. The Morgan fingerprint density at radius 1 is 0.667 bits per heavy atom. The number of halogens is 8. The van der Waals surface area contributed by atoms with Gasteiger partial charge in [0.15, 0.2) is 11.0 Å². The minimum absolute atomic E-state index is 0.183. The number of alkyl halides is 8. The summed E-state index contributed by atoms with van der Waals surface area (Å²) in [7, 11) is 0.367. The zero-order chi connectivity index (χ0) is 14.4. The lowest BCUT2D eigenvalue weighted by atomic mass is 10.3. The first-order valence-electron chi connectivity index (χ1n) is 4.73. The fourth-order valence-electron chi connectivity index (χ4n) is 0.771. The number of hydrogen-bond donors (Lipinski definition) is 0. The van der Waals surface area contributed by atoms with E-state index in [9.17, 15) is 35.1 Å². The highest BCUT2D eigenvalue weighted by molar-refractivity contribution is 8.77. The molecule has 0 aromatic carbocycles. The zero-order valence-electron chi connectivity index (χ0n) is 8.82. The second-order valence-electron chi connectivity index (χ2n) is 3.32. The molecule has 0 aliphatic rings. The molecule has 0 saturated carbocycles. The predicted molar refractivity (Wildman–Crippen MR) is 55.6 cm³/mol. The van der Waals surface area contributed by atoms with Crippen LogP contribution in [0.5, 0.6) is 0 Å². The van der Waals surface area contributed by atoms with Crippen molar-refractivity contribution in [2.45, 2.75) is 49.0 Å². The van der Waals surface area contributed by atoms with Gasteiger partial charge in [0, 0.05) is 12.8 Å². The van der Waals surface area contributed by atoms with E-state index in [1.165, 1.54) is 0 Å². The molecule has 0 aliphatic heterocycles. The molecule has 0 bridgehead atoms. The summed E-state index contributed by atoms with van der Waals surface area (Å²) in [5.41, 5.74) is -3.92. The Kier molecular flexibility index (Phi) is 7.72. The topological polar surface area (TPSA) is 0 Å². The van der Waals surface area contributed by atoms with Gasteiger partial charge in [0.1, 0.15) is 0 Å². The lowest BCUT2D eigenvalue weighted by molar-refractivity contribution is -0.137. The van der Waals surface area contributed by atoms with E-state index in [-0.39, 0.29) is 21.6 Å². The molecular formula is C8H10F8S2. The van der Waals surface area contributed by atoms with Gasteiger partial charge in [-0.2, -0.15) is 26.3 Å². The van der Waals surface area contributed by atoms with E-state index in [0.717, 1.165) is 0 Å². The van der Waals surface area contributed by atoms with E-state index in [4.69, 9.17) is 0 Å². The van der Waals surface area contributed by atoms with Gasteiger partial charge in [-0.15, -0.1) is 0 Å². The molecule has 0 aromatic rings. The minimum atomic E-state index is -4.50. The van der Waals surface area contributed by atoms with Gasteiger partial charge in [0.05, 0.1) is 0 Å². The summed E-state index contributed by atoms with van der Waals surface area (Å²) in [6, 6.07) is 0. The molecule has 0 saturated heterocycles. The van der Waals surface area contributed by atoms with Crippen LogP contribution in [0.2, 0.25) is 0 Å². The Morgan fingerprint density at radius 2 is 0.944 bits per heavy atom. The third kappa shape index (κ3) is 12.6. The maximum atomic E-state index is 12.8. The van der Waals surface area contributed by atoms with Gasteiger partial charge in [0.25, 0.3) is 0 Å². The molecule has 0 amide bonds. The molecule has 110 valence electrons. The predicted octanol–water partition coefficient (Wildman–Crippen LogP) is 5.64. The quantitative estimate of drug-likeness (QED) is 0.439. The summed E-state index contributed by atoms with van der Waals surface area (Å²) in [6.45, 7) is 0. The lowest BCUT2D eigenvalue weighted by Crippen LogP contribution is -2.10. The molecule has 2 unspecified atom stereocenters. The maximum Gasteiger partial charge on any atom is 0.389 e. The normalized spacial score (nSPS) is 16.7. The highest BCUT2D eigenvalue weighted by Crippen LogP contribution is 2.39. The SMILES string of the molecule is FC(CCC(F)(F)F)SSC(F)CCC(F)(F)F. The Hall–Kier alpha value is 0.140. The van der Waals surface area contributed by atoms with Crippen molar-refractivity contribution in [3.63, 3.8) is 0 Å². The van der Waals surface area contributed by atoms with Crippen molar-refractivity contribution in [2.75, 3.05) is 0 Å². The van der Waals surface area contributed by atoms with Gasteiger partial charge in [0.2, 0.25) is 0 Å². The summed E-state index contributed by atoms with van der Waals surface area (Å²) in [5.74, 6) is 0. The first-order valence-corrected chi connectivity index (χ1v) is 7.01. The maximum absolute atomic E-state index is 12.8. The summed E-state index contributed by atoms with van der Waals surface area (Å²) >= 11 is 0. The van der Waals surface area contributed by atoms with Crippen LogP contribution in [0.4, 0.5) is 35.1 Å². The van der Waals surface area contributed by atoms with Crippen molar-refractivity contribution < 1.29 is 35.1 Å². The van der Waals surface area contributed by atoms with Crippen LogP contribution in [0.25, 0.3) is 0 Å². The molecule has 10 heteroatoms. The van der Waals surface area contributed by atoms with Gasteiger partial charge < -0.3 is 0 Å². The second kappa shape index (κ2) is 7.66. The molecule has 0 aliphatic carbocycles. The molecule has 18 heavy (non-hydrogen) atoms. The van der Waals surface area contributed by atoms with Gasteiger partial charge in [-0.3, -0.25) is 0 Å². The third-order valence-corrected chi connectivity index (χ3v) is 4.16. The van der Waals surface area contributed by atoms with Crippen molar-refractivity contribution in [1.29, 1.82) is 0 Å². The minimum Gasteiger partial charge on any atom is -0.235 e. The first-order chi connectivity index (χ1) is 7.99. The summed E-state index contributed by atoms with van der Waals surface area (Å²) < 4.78 is 95.8. The van der Waals surface area contributed by atoms with Gasteiger partial charge in [-0.1, -0.05) is 21.6 Å². The van der Waals surface area contributed by atoms with E-state index in [1.807, 2.05) is 0 Å². The molecule has 2 atom stereocenters. The van der Waals surface area contributed by atoms with Crippen molar-refractivity contribution >= 4 is 21.6 Å². The Balaban J connectivity index is 3.68. The fourth-order valence-corrected chi connectivity index (χ4v) is 2.74. The van der Waals surface area contributed by atoms with Gasteiger partial charge >= 0.3 is 12.4 Å². The fraction of sp³-hybridized carbons (Fsp3) is 1.00. The summed E-state index contributed by atoms with van der Waals surface area (Å²) in [6.07, 6.45) is -13.4.